The summed E-state index contributed by atoms with van der Waals surface area (Å²) in [5.74, 6) is 2.69. The molecular formula is C12H19NO2S. The fourth-order valence-electron chi connectivity index (χ4n) is 1.15. The Balaban J connectivity index is 2.21. The molecule has 0 radical (unpaired) electrons. The van der Waals surface area contributed by atoms with Crippen molar-refractivity contribution in [3.63, 3.8) is 0 Å². The fourth-order valence-corrected chi connectivity index (χ4v) is 1.87. The topological polar surface area (TPSA) is 44.5 Å². The van der Waals surface area contributed by atoms with Crippen molar-refractivity contribution in [3.8, 4) is 11.5 Å². The van der Waals surface area contributed by atoms with Gasteiger partial charge in [0, 0.05) is 17.5 Å². The summed E-state index contributed by atoms with van der Waals surface area (Å²) in [5.41, 5.74) is 5.52. The Hall–Kier alpha value is -0.870. The van der Waals surface area contributed by atoms with E-state index in [2.05, 4.69) is 6.92 Å². The minimum atomic E-state index is 0.500. The van der Waals surface area contributed by atoms with Gasteiger partial charge < -0.3 is 15.2 Å². The maximum Gasteiger partial charge on any atom is 0.119 e. The third kappa shape index (κ3) is 4.77. The van der Waals surface area contributed by atoms with E-state index in [1.54, 1.807) is 7.11 Å². The first-order chi connectivity index (χ1) is 7.76. The molecule has 0 aliphatic rings. The number of hydrogen-bond donors (Lipinski definition) is 1. The van der Waals surface area contributed by atoms with Crippen molar-refractivity contribution in [2.45, 2.75) is 12.2 Å². The molecule has 1 unspecified atom stereocenters. The summed E-state index contributed by atoms with van der Waals surface area (Å²) < 4.78 is 10.7. The van der Waals surface area contributed by atoms with E-state index in [-0.39, 0.29) is 0 Å². The molecule has 0 saturated heterocycles. The monoisotopic (exact) mass is 241 g/mol. The van der Waals surface area contributed by atoms with Crippen LogP contribution in [0, 0.1) is 0 Å². The normalized spacial score (nSPS) is 12.2. The molecule has 0 heterocycles. The average molecular weight is 241 g/mol. The van der Waals surface area contributed by atoms with Gasteiger partial charge in [0.25, 0.3) is 0 Å². The second-order valence-electron chi connectivity index (χ2n) is 3.44. The summed E-state index contributed by atoms with van der Waals surface area (Å²) in [4.78, 5) is 0. The van der Waals surface area contributed by atoms with E-state index in [0.717, 1.165) is 17.3 Å². The molecule has 1 aromatic carbocycles. The maximum atomic E-state index is 5.58. The Kier molecular flexibility index (Phi) is 6.11. The van der Waals surface area contributed by atoms with Crippen LogP contribution in [-0.2, 0) is 0 Å². The molecule has 3 nitrogen and oxygen atoms in total. The van der Waals surface area contributed by atoms with Gasteiger partial charge in [0.2, 0.25) is 0 Å². The lowest BCUT2D eigenvalue weighted by Crippen LogP contribution is -2.14. The molecule has 0 aliphatic carbocycles. The number of hydrogen-bond acceptors (Lipinski definition) is 4. The summed E-state index contributed by atoms with van der Waals surface area (Å²) >= 11 is 1.83. The summed E-state index contributed by atoms with van der Waals surface area (Å²) in [7, 11) is 1.65. The van der Waals surface area contributed by atoms with Crippen LogP contribution in [0.1, 0.15) is 6.92 Å². The Bertz CT molecular complexity index is 290. The van der Waals surface area contributed by atoms with Gasteiger partial charge in [0.1, 0.15) is 11.5 Å². The van der Waals surface area contributed by atoms with Gasteiger partial charge in [-0.3, -0.25) is 0 Å². The van der Waals surface area contributed by atoms with Gasteiger partial charge in [-0.05, 0) is 24.3 Å². The van der Waals surface area contributed by atoms with Crippen molar-refractivity contribution in [3.05, 3.63) is 24.3 Å². The smallest absolute Gasteiger partial charge is 0.119 e. The molecule has 0 aliphatic heterocycles. The second-order valence-corrected chi connectivity index (χ2v) is 4.99. The SMILES string of the molecule is COc1ccc(OCCSC(C)CN)cc1. The van der Waals surface area contributed by atoms with Gasteiger partial charge in [0.05, 0.1) is 13.7 Å². The fraction of sp³-hybridized carbons (Fsp3) is 0.500. The molecule has 2 N–H and O–H groups in total. The Morgan fingerprint density at radius 3 is 2.44 bits per heavy atom. The summed E-state index contributed by atoms with van der Waals surface area (Å²) in [6.07, 6.45) is 0. The zero-order chi connectivity index (χ0) is 11.8. The van der Waals surface area contributed by atoms with Crippen LogP contribution >= 0.6 is 11.8 Å². The molecule has 1 rings (SSSR count). The predicted octanol–water partition coefficient (Wildman–Crippen LogP) is 2.15. The number of thioether (sulfide) groups is 1. The number of rotatable bonds is 7. The lowest BCUT2D eigenvalue weighted by molar-refractivity contribution is 0.342. The largest absolute Gasteiger partial charge is 0.497 e. The Morgan fingerprint density at radius 2 is 1.88 bits per heavy atom. The van der Waals surface area contributed by atoms with Crippen LogP contribution in [0.25, 0.3) is 0 Å². The molecule has 0 amide bonds. The summed E-state index contributed by atoms with van der Waals surface area (Å²) in [5, 5.41) is 0.500. The second kappa shape index (κ2) is 7.41. The number of ether oxygens (including phenoxy) is 2. The average Bonchev–Trinajstić information content (AvgIpc) is 2.35. The Morgan fingerprint density at radius 1 is 1.25 bits per heavy atom. The number of nitrogens with two attached hydrogens (primary N) is 1. The minimum absolute atomic E-state index is 0.500. The van der Waals surface area contributed by atoms with Crippen molar-refractivity contribution in [1.82, 2.24) is 0 Å². The van der Waals surface area contributed by atoms with Gasteiger partial charge in [-0.15, -0.1) is 0 Å². The quantitative estimate of drug-likeness (QED) is 0.743. The molecule has 1 aromatic rings. The van der Waals surface area contributed by atoms with Crippen LogP contribution in [0.2, 0.25) is 0 Å². The number of methoxy groups -OCH3 is 1. The van der Waals surface area contributed by atoms with Crippen LogP contribution in [0.15, 0.2) is 24.3 Å². The van der Waals surface area contributed by atoms with E-state index in [1.165, 1.54) is 0 Å². The predicted molar refractivity (Wildman–Crippen MR) is 69.5 cm³/mol. The third-order valence-corrected chi connectivity index (χ3v) is 3.31. The van der Waals surface area contributed by atoms with Crippen molar-refractivity contribution in [2.75, 3.05) is 26.0 Å². The van der Waals surface area contributed by atoms with Gasteiger partial charge in [-0.2, -0.15) is 11.8 Å². The van der Waals surface area contributed by atoms with Crippen LogP contribution in [0.5, 0.6) is 11.5 Å². The molecule has 0 saturated carbocycles. The first kappa shape index (κ1) is 13.2. The molecule has 0 bridgehead atoms. The maximum absolute atomic E-state index is 5.58. The molecule has 16 heavy (non-hydrogen) atoms. The first-order valence-corrected chi connectivity index (χ1v) is 6.39. The van der Waals surface area contributed by atoms with Gasteiger partial charge in [0.15, 0.2) is 0 Å². The van der Waals surface area contributed by atoms with E-state index < -0.39 is 0 Å². The van der Waals surface area contributed by atoms with Crippen molar-refractivity contribution in [2.24, 2.45) is 5.73 Å². The third-order valence-electron chi connectivity index (χ3n) is 2.15. The summed E-state index contributed by atoms with van der Waals surface area (Å²) in [6.45, 7) is 3.55. The highest BCUT2D eigenvalue weighted by atomic mass is 32.2. The van der Waals surface area contributed by atoms with Gasteiger partial charge >= 0.3 is 0 Å². The first-order valence-electron chi connectivity index (χ1n) is 5.34. The van der Waals surface area contributed by atoms with E-state index in [9.17, 15) is 0 Å². The van der Waals surface area contributed by atoms with E-state index in [1.807, 2.05) is 36.0 Å². The van der Waals surface area contributed by atoms with E-state index in [0.29, 0.717) is 18.4 Å². The van der Waals surface area contributed by atoms with Crippen molar-refractivity contribution < 1.29 is 9.47 Å². The van der Waals surface area contributed by atoms with Gasteiger partial charge in [-0.25, -0.2) is 0 Å². The zero-order valence-corrected chi connectivity index (χ0v) is 10.6. The lowest BCUT2D eigenvalue weighted by atomic mass is 10.3. The van der Waals surface area contributed by atoms with E-state index in [4.69, 9.17) is 15.2 Å². The minimum Gasteiger partial charge on any atom is -0.497 e. The summed E-state index contributed by atoms with van der Waals surface area (Å²) in [6, 6.07) is 7.61. The highest BCUT2D eigenvalue weighted by molar-refractivity contribution is 7.99. The molecule has 90 valence electrons. The molecular weight excluding hydrogens is 222 g/mol. The van der Waals surface area contributed by atoms with Crippen LogP contribution in [0.3, 0.4) is 0 Å². The van der Waals surface area contributed by atoms with E-state index >= 15 is 0 Å². The Labute approximate surface area is 101 Å². The van der Waals surface area contributed by atoms with Gasteiger partial charge in [-0.1, -0.05) is 6.92 Å². The van der Waals surface area contributed by atoms with Crippen molar-refractivity contribution in [1.29, 1.82) is 0 Å². The van der Waals surface area contributed by atoms with Crippen molar-refractivity contribution >= 4 is 11.8 Å². The molecule has 0 spiro atoms. The molecule has 0 fully saturated rings. The lowest BCUT2D eigenvalue weighted by Gasteiger charge is -2.09. The molecule has 4 heteroatoms. The standard InChI is InChI=1S/C12H19NO2S/c1-10(9-13)16-8-7-15-12-5-3-11(14-2)4-6-12/h3-6,10H,7-9,13H2,1-2H3. The molecule has 1 atom stereocenters. The zero-order valence-electron chi connectivity index (χ0n) is 9.81. The highest BCUT2D eigenvalue weighted by Crippen LogP contribution is 2.17. The van der Waals surface area contributed by atoms with Crippen LogP contribution in [-0.4, -0.2) is 31.3 Å². The van der Waals surface area contributed by atoms with Crippen LogP contribution < -0.4 is 15.2 Å². The van der Waals surface area contributed by atoms with Crippen LogP contribution in [0.4, 0.5) is 0 Å². The molecule has 0 aromatic heterocycles. The highest BCUT2D eigenvalue weighted by Gasteiger charge is 1.99. The number of benzene rings is 1.